The summed E-state index contributed by atoms with van der Waals surface area (Å²) < 4.78 is 40.1. The molecular weight excluding hydrogens is 413 g/mol. The number of anilines is 1. The van der Waals surface area contributed by atoms with E-state index >= 15 is 0 Å². The average Bonchev–Trinajstić information content (AvgIpc) is 3.26. The van der Waals surface area contributed by atoms with E-state index in [0.717, 1.165) is 6.07 Å². The van der Waals surface area contributed by atoms with Crippen molar-refractivity contribution >= 4 is 17.9 Å². The van der Waals surface area contributed by atoms with Crippen LogP contribution >= 0.6 is 0 Å². The molecule has 31 heavy (non-hydrogen) atoms. The molecule has 2 amide bonds. The van der Waals surface area contributed by atoms with Gasteiger partial charge in [-0.15, -0.1) is 0 Å². The normalized spacial score (nSPS) is 23.0. The first-order valence-electron chi connectivity index (χ1n) is 9.93. The number of carboxylic acids is 1. The highest BCUT2D eigenvalue weighted by Gasteiger charge is 2.45. The van der Waals surface area contributed by atoms with Crippen molar-refractivity contribution in [3.63, 3.8) is 0 Å². The molecule has 4 rings (SSSR count). The summed E-state index contributed by atoms with van der Waals surface area (Å²) in [6, 6.07) is 6.56. The van der Waals surface area contributed by atoms with E-state index in [2.05, 4.69) is 15.3 Å². The van der Waals surface area contributed by atoms with Crippen LogP contribution in [-0.2, 0) is 6.18 Å². The summed E-state index contributed by atoms with van der Waals surface area (Å²) in [7, 11) is 0. The monoisotopic (exact) mass is 434 g/mol. The van der Waals surface area contributed by atoms with Crippen molar-refractivity contribution in [1.82, 2.24) is 14.9 Å². The van der Waals surface area contributed by atoms with Gasteiger partial charge in [0, 0.05) is 18.8 Å². The maximum atomic E-state index is 13.4. The molecule has 164 valence electrons. The first-order valence-corrected chi connectivity index (χ1v) is 9.93. The van der Waals surface area contributed by atoms with Crippen LogP contribution in [0.15, 0.2) is 30.3 Å². The molecule has 0 bridgehead atoms. The number of alkyl halides is 3. The van der Waals surface area contributed by atoms with Crippen molar-refractivity contribution in [3.05, 3.63) is 52.8 Å². The Balaban J connectivity index is 1.41. The predicted molar refractivity (Wildman–Crippen MR) is 105 cm³/mol. The molecule has 7 nitrogen and oxygen atoms in total. The summed E-state index contributed by atoms with van der Waals surface area (Å²) in [4.78, 5) is 33.2. The fraction of sp³-hybridized carbons (Fsp3) is 0.429. The Hall–Kier alpha value is -3.17. The number of amides is 2. The van der Waals surface area contributed by atoms with Gasteiger partial charge in [-0.25, -0.2) is 19.6 Å². The molecular formula is C21H21F3N4O3. The van der Waals surface area contributed by atoms with Crippen LogP contribution in [0.1, 0.15) is 46.1 Å². The number of aromatic nitrogens is 2. The lowest BCUT2D eigenvalue weighted by molar-refractivity contribution is -0.138. The van der Waals surface area contributed by atoms with Gasteiger partial charge in [0.25, 0.3) is 0 Å². The Kier molecular flexibility index (Phi) is 5.32. The number of halogens is 3. The number of nitrogens with zero attached hydrogens (tertiary/aromatic N) is 3. The Labute approximate surface area is 176 Å². The highest BCUT2D eigenvalue weighted by atomic mass is 19.4. The molecule has 2 N–H and O–H groups in total. The fourth-order valence-electron chi connectivity index (χ4n) is 4.74. The summed E-state index contributed by atoms with van der Waals surface area (Å²) in [5, 5.41) is 11.6. The van der Waals surface area contributed by atoms with E-state index < -0.39 is 23.7 Å². The number of carboxylic acid groups (broad SMARTS) is 1. The number of fused-ring (bicyclic) bond motifs is 1. The number of carbonyl (C=O) groups excluding carboxylic acids is 1. The van der Waals surface area contributed by atoms with Gasteiger partial charge in [-0.1, -0.05) is 18.2 Å². The third-order valence-corrected chi connectivity index (χ3v) is 6.04. The molecule has 1 aliphatic carbocycles. The van der Waals surface area contributed by atoms with Crippen LogP contribution in [-0.4, -0.2) is 45.1 Å². The van der Waals surface area contributed by atoms with Gasteiger partial charge in [-0.3, -0.25) is 5.32 Å². The Morgan fingerprint density at radius 2 is 1.77 bits per heavy atom. The minimum atomic E-state index is -4.39. The van der Waals surface area contributed by atoms with Crippen LogP contribution in [0.5, 0.6) is 0 Å². The number of hydrogen-bond acceptors (Lipinski definition) is 4. The molecule has 2 aromatic rings. The maximum Gasteiger partial charge on any atom is 0.416 e. The summed E-state index contributed by atoms with van der Waals surface area (Å²) >= 11 is 0. The molecule has 0 spiro atoms. The van der Waals surface area contributed by atoms with Crippen LogP contribution in [0.3, 0.4) is 0 Å². The van der Waals surface area contributed by atoms with Gasteiger partial charge in [0.1, 0.15) is 0 Å². The van der Waals surface area contributed by atoms with Gasteiger partial charge in [0.05, 0.1) is 5.56 Å². The molecule has 1 aromatic heterocycles. The number of rotatable bonds is 3. The Morgan fingerprint density at radius 1 is 1.13 bits per heavy atom. The second-order valence-electron chi connectivity index (χ2n) is 8.13. The van der Waals surface area contributed by atoms with Gasteiger partial charge in [0.2, 0.25) is 5.95 Å². The van der Waals surface area contributed by atoms with E-state index in [-0.39, 0.29) is 29.4 Å². The molecule has 1 aromatic carbocycles. The van der Waals surface area contributed by atoms with Gasteiger partial charge in [0.15, 0.2) is 5.69 Å². The third-order valence-electron chi connectivity index (χ3n) is 6.04. The number of benzene rings is 1. The smallest absolute Gasteiger partial charge is 0.416 e. The predicted octanol–water partition coefficient (Wildman–Crippen LogP) is 4.16. The molecule has 1 saturated carbocycles. The van der Waals surface area contributed by atoms with Crippen molar-refractivity contribution in [2.45, 2.75) is 31.9 Å². The molecule has 10 heteroatoms. The zero-order valence-electron chi connectivity index (χ0n) is 16.7. The topological polar surface area (TPSA) is 95.4 Å². The van der Waals surface area contributed by atoms with E-state index in [1.54, 1.807) is 24.0 Å². The van der Waals surface area contributed by atoms with Gasteiger partial charge >= 0.3 is 18.2 Å². The summed E-state index contributed by atoms with van der Waals surface area (Å²) in [6.07, 6.45) is -3.21. The second kappa shape index (κ2) is 7.82. The highest BCUT2D eigenvalue weighted by molar-refractivity contribution is 5.89. The molecule has 2 heterocycles. The lowest BCUT2D eigenvalue weighted by Crippen LogP contribution is -2.34. The third kappa shape index (κ3) is 4.33. The quantitative estimate of drug-likeness (QED) is 0.757. The molecule has 1 unspecified atom stereocenters. The number of aryl methyl sites for hydroxylation is 1. The van der Waals surface area contributed by atoms with Crippen LogP contribution in [0.2, 0.25) is 0 Å². The van der Waals surface area contributed by atoms with Gasteiger partial charge < -0.3 is 10.0 Å². The zero-order chi connectivity index (χ0) is 22.3. The molecule has 2 aliphatic rings. The molecule has 2 fully saturated rings. The van der Waals surface area contributed by atoms with Gasteiger partial charge in [-0.05, 0) is 55.2 Å². The maximum absolute atomic E-state index is 13.4. The number of urea groups is 1. The SMILES string of the molecule is Cc1cc(C(=O)O)nc(NC(=O)N2C[C@H]3CC(c4ccccc4C(F)(F)F)C[C@H]3C2)n1. The standard InChI is InChI=1S/C21H21F3N4O3/c1-11-6-17(18(29)30)26-19(25-11)27-20(31)28-9-13-7-12(8-14(13)10-28)15-4-2-3-5-16(15)21(22,23)24/h2-6,12-14H,7-10H2,1H3,(H,29,30)(H,25,26,27,31)/t12?,13-,14+. The van der Waals surface area contributed by atoms with Crippen LogP contribution in [0.4, 0.5) is 23.9 Å². The summed E-state index contributed by atoms with van der Waals surface area (Å²) in [5.74, 6) is -1.26. The second-order valence-corrected chi connectivity index (χ2v) is 8.13. The zero-order valence-corrected chi connectivity index (χ0v) is 16.7. The lowest BCUT2D eigenvalue weighted by Gasteiger charge is -2.21. The average molecular weight is 434 g/mol. The number of likely N-dealkylation sites (tertiary alicyclic amines) is 1. The van der Waals surface area contributed by atoms with E-state index in [1.807, 2.05) is 0 Å². The lowest BCUT2D eigenvalue weighted by atomic mass is 9.91. The van der Waals surface area contributed by atoms with Crippen molar-refractivity contribution in [2.75, 3.05) is 18.4 Å². The van der Waals surface area contributed by atoms with Gasteiger partial charge in [-0.2, -0.15) is 13.2 Å². The summed E-state index contributed by atoms with van der Waals surface area (Å²) in [6.45, 7) is 2.46. The number of nitrogens with one attached hydrogen (secondary N) is 1. The first kappa shape index (κ1) is 21.1. The highest BCUT2D eigenvalue weighted by Crippen LogP contribution is 2.48. The van der Waals surface area contributed by atoms with Crippen molar-refractivity contribution in [1.29, 1.82) is 0 Å². The summed E-state index contributed by atoms with van der Waals surface area (Å²) in [5.41, 5.74) is -0.0606. The van der Waals surface area contributed by atoms with E-state index in [1.165, 1.54) is 12.1 Å². The van der Waals surface area contributed by atoms with Crippen LogP contribution in [0.25, 0.3) is 0 Å². The van der Waals surface area contributed by atoms with Crippen LogP contribution in [0, 0.1) is 18.8 Å². The van der Waals surface area contributed by atoms with E-state index in [4.69, 9.17) is 5.11 Å². The molecule has 1 aliphatic heterocycles. The number of aromatic carboxylic acids is 1. The minimum absolute atomic E-state index is 0.0866. The minimum Gasteiger partial charge on any atom is -0.477 e. The van der Waals surface area contributed by atoms with Crippen molar-refractivity contribution in [3.8, 4) is 0 Å². The first-order chi connectivity index (χ1) is 14.6. The molecule has 0 radical (unpaired) electrons. The Morgan fingerprint density at radius 3 is 2.39 bits per heavy atom. The van der Waals surface area contributed by atoms with E-state index in [9.17, 15) is 22.8 Å². The van der Waals surface area contributed by atoms with E-state index in [0.29, 0.717) is 37.2 Å². The fourth-order valence-corrected chi connectivity index (χ4v) is 4.74. The largest absolute Gasteiger partial charge is 0.477 e. The van der Waals surface area contributed by atoms with Crippen molar-refractivity contribution in [2.24, 2.45) is 11.8 Å². The van der Waals surface area contributed by atoms with Crippen LogP contribution < -0.4 is 5.32 Å². The molecule has 1 saturated heterocycles. The van der Waals surface area contributed by atoms with Crippen molar-refractivity contribution < 1.29 is 27.9 Å². The number of carbonyl (C=O) groups is 2. The Bertz CT molecular complexity index is 1010. The number of hydrogen-bond donors (Lipinski definition) is 2. The molecule has 3 atom stereocenters.